The quantitative estimate of drug-likeness (QED) is 0.538. The highest BCUT2D eigenvalue weighted by Crippen LogP contribution is 2.31. The van der Waals surface area contributed by atoms with E-state index in [1.54, 1.807) is 23.1 Å². The van der Waals surface area contributed by atoms with Gasteiger partial charge in [0.1, 0.15) is 0 Å². The summed E-state index contributed by atoms with van der Waals surface area (Å²) in [6.07, 6.45) is 6.57. The lowest BCUT2D eigenvalue weighted by Crippen LogP contribution is -1.94. The minimum absolute atomic E-state index is 0.269. The van der Waals surface area contributed by atoms with E-state index < -0.39 is 0 Å². The number of thioether (sulfide) groups is 1. The largest absolute Gasteiger partial charge is 0.293 e. The highest BCUT2D eigenvalue weighted by Gasteiger charge is 2.11. The molecule has 0 aliphatic carbocycles. The molecule has 0 aliphatic heterocycles. The number of Topliss-reactive ketones (excluding diaryl/α,β-unsaturated/α-hetero) is 1. The van der Waals surface area contributed by atoms with Gasteiger partial charge in [0.25, 0.3) is 0 Å². The molecule has 1 nitrogen and oxygen atoms in total. The second-order valence-corrected chi connectivity index (χ2v) is 5.21. The molecule has 0 aliphatic rings. The Morgan fingerprint density at radius 3 is 2.87 bits per heavy atom. The fourth-order valence-corrected chi connectivity index (χ4v) is 3.13. The highest BCUT2D eigenvalue weighted by atomic mass is 32.2. The zero-order chi connectivity index (χ0) is 11.3. The number of rotatable bonds is 6. The molecule has 0 N–H and O–H groups in total. The molecule has 0 unspecified atom stereocenters. The maximum absolute atomic E-state index is 11.8. The fourth-order valence-electron chi connectivity index (χ4n) is 1.29. The molecule has 0 saturated heterocycles. The number of ketones is 1. The van der Waals surface area contributed by atoms with Gasteiger partial charge >= 0.3 is 0 Å². The highest BCUT2D eigenvalue weighted by molar-refractivity contribution is 7.98. The second kappa shape index (κ2) is 6.13. The lowest BCUT2D eigenvalue weighted by atomic mass is 10.1. The molecule has 0 fully saturated rings. The zero-order valence-corrected chi connectivity index (χ0v) is 10.8. The van der Waals surface area contributed by atoms with Crippen molar-refractivity contribution in [3.8, 4) is 0 Å². The SMILES string of the molecule is C=Cc1sc(C(=O)CCCC)cc1SC. The fraction of sp³-hybridized carbons (Fsp3) is 0.417. The summed E-state index contributed by atoms with van der Waals surface area (Å²) in [4.78, 5) is 14.9. The predicted molar refractivity (Wildman–Crippen MR) is 70.0 cm³/mol. The first-order valence-corrected chi connectivity index (χ1v) is 7.10. The van der Waals surface area contributed by atoms with Gasteiger partial charge in [-0.3, -0.25) is 4.79 Å². The van der Waals surface area contributed by atoms with Crippen LogP contribution in [0, 0.1) is 0 Å². The molecule has 0 saturated carbocycles. The first-order chi connectivity index (χ1) is 7.22. The molecule has 1 aromatic rings. The van der Waals surface area contributed by atoms with E-state index in [0.29, 0.717) is 6.42 Å². The molecule has 82 valence electrons. The Kier molecular flexibility index (Phi) is 5.12. The molecule has 0 aromatic carbocycles. The maximum atomic E-state index is 11.8. The summed E-state index contributed by atoms with van der Waals surface area (Å²) in [5.41, 5.74) is 0. The lowest BCUT2D eigenvalue weighted by molar-refractivity contribution is 0.0983. The number of hydrogen-bond donors (Lipinski definition) is 0. The van der Waals surface area contributed by atoms with Crippen LogP contribution in [-0.4, -0.2) is 12.0 Å². The third-order valence-corrected chi connectivity index (χ3v) is 4.24. The van der Waals surface area contributed by atoms with Crippen molar-refractivity contribution in [2.45, 2.75) is 31.1 Å². The Hall–Kier alpha value is -0.540. The Bertz CT molecular complexity index is 353. The summed E-state index contributed by atoms with van der Waals surface area (Å²) in [5, 5.41) is 0. The van der Waals surface area contributed by atoms with E-state index in [1.165, 1.54) is 0 Å². The summed E-state index contributed by atoms with van der Waals surface area (Å²) in [5.74, 6) is 0.269. The van der Waals surface area contributed by atoms with Gasteiger partial charge in [0.05, 0.1) is 4.88 Å². The van der Waals surface area contributed by atoms with E-state index in [0.717, 1.165) is 27.5 Å². The Balaban J connectivity index is 2.81. The van der Waals surface area contributed by atoms with Gasteiger partial charge in [-0.15, -0.1) is 23.1 Å². The van der Waals surface area contributed by atoms with Gasteiger partial charge in [0.2, 0.25) is 0 Å². The van der Waals surface area contributed by atoms with Gasteiger partial charge in [-0.05, 0) is 18.7 Å². The summed E-state index contributed by atoms with van der Waals surface area (Å²) < 4.78 is 0. The van der Waals surface area contributed by atoms with Crippen LogP contribution in [0.1, 0.15) is 40.7 Å². The molecule has 0 atom stereocenters. The van der Waals surface area contributed by atoms with E-state index in [-0.39, 0.29) is 5.78 Å². The van der Waals surface area contributed by atoms with Crippen LogP contribution in [0.15, 0.2) is 17.5 Å². The lowest BCUT2D eigenvalue weighted by Gasteiger charge is -1.94. The van der Waals surface area contributed by atoms with Crippen molar-refractivity contribution in [1.82, 2.24) is 0 Å². The number of hydrogen-bond acceptors (Lipinski definition) is 3. The Morgan fingerprint density at radius 2 is 2.40 bits per heavy atom. The van der Waals surface area contributed by atoms with E-state index in [9.17, 15) is 4.79 Å². The van der Waals surface area contributed by atoms with Gasteiger partial charge in [0, 0.05) is 16.2 Å². The average molecular weight is 240 g/mol. The van der Waals surface area contributed by atoms with Gasteiger partial charge in [-0.1, -0.05) is 26.0 Å². The number of thiophene rings is 1. The van der Waals surface area contributed by atoms with Crippen molar-refractivity contribution in [3.63, 3.8) is 0 Å². The molecule has 0 spiro atoms. The number of carbonyl (C=O) groups excluding carboxylic acids is 1. The van der Waals surface area contributed by atoms with Crippen LogP contribution in [0.3, 0.4) is 0 Å². The zero-order valence-electron chi connectivity index (χ0n) is 9.21. The summed E-state index contributed by atoms with van der Waals surface area (Å²) in [7, 11) is 0. The smallest absolute Gasteiger partial charge is 0.172 e. The number of unbranched alkanes of at least 4 members (excludes halogenated alkanes) is 1. The van der Waals surface area contributed by atoms with E-state index in [2.05, 4.69) is 13.5 Å². The molecule has 0 amide bonds. The summed E-state index contributed by atoms with van der Waals surface area (Å²) in [6, 6.07) is 1.99. The van der Waals surface area contributed by atoms with E-state index >= 15 is 0 Å². The topological polar surface area (TPSA) is 17.1 Å². The Labute approximate surface area is 99.6 Å². The molecule has 15 heavy (non-hydrogen) atoms. The minimum Gasteiger partial charge on any atom is -0.293 e. The summed E-state index contributed by atoms with van der Waals surface area (Å²) >= 11 is 3.22. The molecule has 1 heterocycles. The van der Waals surface area contributed by atoms with Crippen LogP contribution in [0.2, 0.25) is 0 Å². The first kappa shape index (κ1) is 12.5. The molecule has 0 radical (unpaired) electrons. The third kappa shape index (κ3) is 3.21. The second-order valence-electron chi connectivity index (χ2n) is 3.27. The van der Waals surface area contributed by atoms with Crippen molar-refractivity contribution in [2.75, 3.05) is 6.26 Å². The molecular formula is C12H16OS2. The first-order valence-electron chi connectivity index (χ1n) is 5.06. The predicted octanol–water partition coefficient (Wildman–Crippen LogP) is 4.49. The van der Waals surface area contributed by atoms with Crippen molar-refractivity contribution in [2.24, 2.45) is 0 Å². The third-order valence-electron chi connectivity index (χ3n) is 2.16. The van der Waals surface area contributed by atoms with Gasteiger partial charge < -0.3 is 0 Å². The van der Waals surface area contributed by atoms with Crippen LogP contribution in [-0.2, 0) is 0 Å². The minimum atomic E-state index is 0.269. The van der Waals surface area contributed by atoms with Gasteiger partial charge in [-0.25, -0.2) is 0 Å². The normalized spacial score (nSPS) is 10.3. The van der Waals surface area contributed by atoms with Crippen molar-refractivity contribution in [3.05, 3.63) is 22.4 Å². The maximum Gasteiger partial charge on any atom is 0.172 e. The molecule has 3 heteroatoms. The van der Waals surface area contributed by atoms with Crippen molar-refractivity contribution < 1.29 is 4.79 Å². The van der Waals surface area contributed by atoms with Crippen molar-refractivity contribution >= 4 is 35.0 Å². The standard InChI is InChI=1S/C12H16OS2/c1-4-6-7-9(13)11-8-12(14-3)10(5-2)15-11/h5,8H,2,4,6-7H2,1,3H3. The van der Waals surface area contributed by atoms with E-state index in [4.69, 9.17) is 0 Å². The van der Waals surface area contributed by atoms with Crippen LogP contribution >= 0.6 is 23.1 Å². The molecular weight excluding hydrogens is 224 g/mol. The molecule has 1 rings (SSSR count). The van der Waals surface area contributed by atoms with E-state index in [1.807, 2.05) is 18.4 Å². The summed E-state index contributed by atoms with van der Waals surface area (Å²) in [6.45, 7) is 5.86. The average Bonchev–Trinajstić information content (AvgIpc) is 2.68. The van der Waals surface area contributed by atoms with Crippen molar-refractivity contribution in [1.29, 1.82) is 0 Å². The van der Waals surface area contributed by atoms with Gasteiger partial charge in [-0.2, -0.15) is 0 Å². The Morgan fingerprint density at radius 1 is 1.67 bits per heavy atom. The molecule has 0 bridgehead atoms. The van der Waals surface area contributed by atoms with Gasteiger partial charge in [0.15, 0.2) is 5.78 Å². The number of carbonyl (C=O) groups is 1. The van der Waals surface area contributed by atoms with Crippen LogP contribution in [0.25, 0.3) is 6.08 Å². The van der Waals surface area contributed by atoms with Crippen LogP contribution in [0.5, 0.6) is 0 Å². The van der Waals surface area contributed by atoms with Crippen LogP contribution in [0.4, 0.5) is 0 Å². The molecule has 1 aromatic heterocycles. The monoisotopic (exact) mass is 240 g/mol. The van der Waals surface area contributed by atoms with Crippen LogP contribution < -0.4 is 0 Å².